The summed E-state index contributed by atoms with van der Waals surface area (Å²) in [6.45, 7) is 2.21. The second kappa shape index (κ2) is 6.36. The van der Waals surface area contributed by atoms with Gasteiger partial charge in [-0.3, -0.25) is 0 Å². The van der Waals surface area contributed by atoms with Crippen LogP contribution in [0, 0.1) is 6.07 Å². The predicted molar refractivity (Wildman–Crippen MR) is 76.3 cm³/mol. The summed E-state index contributed by atoms with van der Waals surface area (Å²) in [5, 5.41) is 0. The maximum absolute atomic E-state index is 6.43. The number of hydrogen-bond acceptors (Lipinski definition) is 1. The molecule has 0 heterocycles. The lowest BCUT2D eigenvalue weighted by atomic mass is 9.84. The van der Waals surface area contributed by atoms with Crippen LogP contribution in [0.4, 0.5) is 0 Å². The van der Waals surface area contributed by atoms with Gasteiger partial charge in [-0.1, -0.05) is 67.9 Å². The van der Waals surface area contributed by atoms with Gasteiger partial charge in [0.2, 0.25) is 0 Å². The SMILES string of the molecule is CCCC(c1ccccc1)C(N)c1[c]cccc1. The van der Waals surface area contributed by atoms with E-state index in [1.165, 1.54) is 5.56 Å². The normalized spacial score (nSPS) is 14.1. The number of benzene rings is 2. The average Bonchev–Trinajstić information content (AvgIpc) is 2.46. The van der Waals surface area contributed by atoms with Crippen molar-refractivity contribution in [1.29, 1.82) is 0 Å². The molecule has 1 nitrogen and oxygen atoms in total. The minimum absolute atomic E-state index is 0.0218. The van der Waals surface area contributed by atoms with Gasteiger partial charge >= 0.3 is 0 Å². The van der Waals surface area contributed by atoms with Crippen LogP contribution in [0.5, 0.6) is 0 Å². The van der Waals surface area contributed by atoms with Gasteiger partial charge in [-0.15, -0.1) is 0 Å². The van der Waals surface area contributed by atoms with Crippen molar-refractivity contribution < 1.29 is 0 Å². The molecule has 0 fully saturated rings. The highest BCUT2D eigenvalue weighted by Gasteiger charge is 2.20. The molecule has 1 radical (unpaired) electrons. The molecule has 0 saturated carbocycles. The van der Waals surface area contributed by atoms with E-state index in [-0.39, 0.29) is 6.04 Å². The molecule has 0 aromatic heterocycles. The molecule has 1 heteroatoms. The first-order valence-electron chi connectivity index (χ1n) is 6.60. The Balaban J connectivity index is 2.26. The van der Waals surface area contributed by atoms with Crippen LogP contribution in [0.3, 0.4) is 0 Å². The zero-order valence-corrected chi connectivity index (χ0v) is 10.8. The number of rotatable bonds is 5. The summed E-state index contributed by atoms with van der Waals surface area (Å²) < 4.78 is 0. The Morgan fingerprint density at radius 2 is 1.78 bits per heavy atom. The quantitative estimate of drug-likeness (QED) is 0.834. The Morgan fingerprint density at radius 3 is 2.39 bits per heavy atom. The standard InChI is InChI=1S/C17H20N/c1-2-9-16(14-10-5-3-6-11-14)17(18)15-12-7-4-8-13-15/h3-8,10-12,16-17H,2,9,18H2,1H3. The Hall–Kier alpha value is -1.60. The van der Waals surface area contributed by atoms with E-state index >= 15 is 0 Å². The minimum Gasteiger partial charge on any atom is -0.323 e. The first kappa shape index (κ1) is 12.8. The van der Waals surface area contributed by atoms with Crippen molar-refractivity contribution >= 4 is 0 Å². The van der Waals surface area contributed by atoms with Gasteiger partial charge in [0.1, 0.15) is 0 Å². The minimum atomic E-state index is 0.0218. The molecular formula is C17H20N. The zero-order valence-electron chi connectivity index (χ0n) is 10.8. The van der Waals surface area contributed by atoms with E-state index in [9.17, 15) is 0 Å². The molecule has 0 aliphatic rings. The second-order valence-electron chi connectivity index (χ2n) is 4.65. The molecule has 2 aromatic carbocycles. The van der Waals surface area contributed by atoms with Gasteiger partial charge in [0.15, 0.2) is 0 Å². The average molecular weight is 238 g/mol. The summed E-state index contributed by atoms with van der Waals surface area (Å²) >= 11 is 0. The summed E-state index contributed by atoms with van der Waals surface area (Å²) in [4.78, 5) is 0. The summed E-state index contributed by atoms with van der Waals surface area (Å²) in [6, 6.07) is 21.8. The molecule has 2 aromatic rings. The molecule has 2 unspecified atom stereocenters. The van der Waals surface area contributed by atoms with Gasteiger partial charge in [0, 0.05) is 12.0 Å². The largest absolute Gasteiger partial charge is 0.323 e. The van der Waals surface area contributed by atoms with E-state index < -0.39 is 0 Å². The molecule has 0 aliphatic heterocycles. The lowest BCUT2D eigenvalue weighted by Crippen LogP contribution is -2.20. The van der Waals surface area contributed by atoms with E-state index in [0.29, 0.717) is 5.92 Å². The van der Waals surface area contributed by atoms with Crippen LogP contribution >= 0.6 is 0 Å². The lowest BCUT2D eigenvalue weighted by Gasteiger charge is -2.24. The van der Waals surface area contributed by atoms with Crippen molar-refractivity contribution in [1.82, 2.24) is 0 Å². The maximum Gasteiger partial charge on any atom is 0.0370 e. The first-order chi connectivity index (χ1) is 8.83. The van der Waals surface area contributed by atoms with Crippen LogP contribution in [-0.4, -0.2) is 0 Å². The fourth-order valence-corrected chi connectivity index (χ4v) is 2.40. The van der Waals surface area contributed by atoms with Crippen molar-refractivity contribution in [2.45, 2.75) is 31.7 Å². The van der Waals surface area contributed by atoms with Gasteiger partial charge in [-0.05, 0) is 23.6 Å². The topological polar surface area (TPSA) is 26.0 Å². The highest BCUT2D eigenvalue weighted by atomic mass is 14.7. The molecule has 0 aliphatic carbocycles. The van der Waals surface area contributed by atoms with Crippen LogP contribution in [0.2, 0.25) is 0 Å². The number of nitrogens with two attached hydrogens (primary N) is 1. The van der Waals surface area contributed by atoms with Crippen LogP contribution in [0.25, 0.3) is 0 Å². The first-order valence-corrected chi connectivity index (χ1v) is 6.60. The molecule has 18 heavy (non-hydrogen) atoms. The van der Waals surface area contributed by atoms with Gasteiger partial charge < -0.3 is 5.73 Å². The van der Waals surface area contributed by atoms with Gasteiger partial charge in [-0.2, -0.15) is 0 Å². The van der Waals surface area contributed by atoms with Crippen LogP contribution in [0.15, 0.2) is 54.6 Å². The predicted octanol–water partition coefficient (Wildman–Crippen LogP) is 4.07. The third-order valence-corrected chi connectivity index (χ3v) is 3.35. The molecule has 0 bridgehead atoms. The van der Waals surface area contributed by atoms with Crippen molar-refractivity contribution in [2.75, 3.05) is 0 Å². The van der Waals surface area contributed by atoms with Crippen LogP contribution in [-0.2, 0) is 0 Å². The summed E-state index contributed by atoms with van der Waals surface area (Å²) in [5.74, 6) is 0.370. The van der Waals surface area contributed by atoms with Crippen molar-refractivity contribution in [3.63, 3.8) is 0 Å². The Kier molecular flexibility index (Phi) is 4.54. The Morgan fingerprint density at radius 1 is 1.06 bits per heavy atom. The maximum atomic E-state index is 6.43. The molecule has 2 atom stereocenters. The van der Waals surface area contributed by atoms with Gasteiger partial charge in [0.05, 0.1) is 0 Å². The van der Waals surface area contributed by atoms with Crippen molar-refractivity contribution in [3.05, 3.63) is 71.8 Å². The van der Waals surface area contributed by atoms with Crippen LogP contribution < -0.4 is 5.73 Å². The summed E-state index contributed by atoms with van der Waals surface area (Å²) in [5.41, 5.74) is 8.85. The molecule has 0 amide bonds. The Labute approximate surface area is 110 Å². The van der Waals surface area contributed by atoms with E-state index in [0.717, 1.165) is 18.4 Å². The fraction of sp³-hybridized carbons (Fsp3) is 0.294. The molecule has 0 spiro atoms. The molecule has 93 valence electrons. The highest BCUT2D eigenvalue weighted by Crippen LogP contribution is 2.32. The molecular weight excluding hydrogens is 218 g/mol. The highest BCUT2D eigenvalue weighted by molar-refractivity contribution is 5.27. The third-order valence-electron chi connectivity index (χ3n) is 3.35. The van der Waals surface area contributed by atoms with E-state index in [1.807, 2.05) is 24.3 Å². The van der Waals surface area contributed by atoms with Gasteiger partial charge in [0.25, 0.3) is 0 Å². The monoisotopic (exact) mass is 238 g/mol. The zero-order chi connectivity index (χ0) is 12.8. The second-order valence-corrected chi connectivity index (χ2v) is 4.65. The van der Waals surface area contributed by atoms with Crippen molar-refractivity contribution in [2.24, 2.45) is 5.73 Å². The van der Waals surface area contributed by atoms with E-state index in [4.69, 9.17) is 5.73 Å². The van der Waals surface area contributed by atoms with Gasteiger partial charge in [-0.25, -0.2) is 0 Å². The molecule has 2 rings (SSSR count). The molecule has 2 N–H and O–H groups in total. The summed E-state index contributed by atoms with van der Waals surface area (Å²) in [6.07, 6.45) is 2.24. The lowest BCUT2D eigenvalue weighted by molar-refractivity contribution is 0.511. The third kappa shape index (κ3) is 2.99. The fourth-order valence-electron chi connectivity index (χ4n) is 2.40. The number of hydrogen-bond donors (Lipinski definition) is 1. The van der Waals surface area contributed by atoms with E-state index in [1.54, 1.807) is 0 Å². The van der Waals surface area contributed by atoms with Crippen molar-refractivity contribution in [3.8, 4) is 0 Å². The summed E-state index contributed by atoms with van der Waals surface area (Å²) in [7, 11) is 0. The smallest absolute Gasteiger partial charge is 0.0370 e. The van der Waals surface area contributed by atoms with E-state index in [2.05, 4.69) is 43.3 Å². The van der Waals surface area contributed by atoms with Crippen LogP contribution in [0.1, 0.15) is 42.9 Å². The molecule has 0 saturated heterocycles. The Bertz CT molecular complexity index is 450.